The predicted molar refractivity (Wildman–Crippen MR) is 110 cm³/mol. The van der Waals surface area contributed by atoms with Crippen LogP contribution in [0, 0.1) is 12.7 Å². The molecule has 31 heavy (non-hydrogen) atoms. The van der Waals surface area contributed by atoms with Gasteiger partial charge in [-0.05, 0) is 37.2 Å². The topological polar surface area (TPSA) is 103 Å². The molecule has 0 atom stereocenters. The van der Waals surface area contributed by atoms with Gasteiger partial charge in [0.05, 0.1) is 22.6 Å². The third kappa shape index (κ3) is 4.74. The molecule has 0 radical (unpaired) electrons. The van der Waals surface area contributed by atoms with E-state index in [1.54, 1.807) is 0 Å². The highest BCUT2D eigenvalue weighted by atomic mass is 32.2. The van der Waals surface area contributed by atoms with Gasteiger partial charge in [0.1, 0.15) is 23.9 Å². The van der Waals surface area contributed by atoms with Gasteiger partial charge in [-0.3, -0.25) is 4.79 Å². The predicted octanol–water partition coefficient (Wildman–Crippen LogP) is 2.63. The molecule has 1 aliphatic heterocycles. The fourth-order valence-electron chi connectivity index (χ4n) is 3.11. The van der Waals surface area contributed by atoms with Crippen LogP contribution in [0.15, 0.2) is 47.1 Å². The first kappa shape index (κ1) is 17.4. The van der Waals surface area contributed by atoms with E-state index in [0.717, 1.165) is 0 Å². The molecule has 10 heteroatoms. The number of carbonyl (C=O) groups is 1. The number of hydrogen-bond donors (Lipinski definition) is 0. The van der Waals surface area contributed by atoms with Gasteiger partial charge in [-0.2, -0.15) is 0 Å². The second-order valence-corrected chi connectivity index (χ2v) is 9.27. The molecule has 1 aromatic carbocycles. The molecule has 1 saturated heterocycles. The molecule has 1 fully saturated rings. The molecule has 162 valence electrons. The number of carbonyl (C=O) groups excluding carboxylic acids is 1. The van der Waals surface area contributed by atoms with Crippen molar-refractivity contribution >= 4 is 15.7 Å². The zero-order valence-electron chi connectivity index (χ0n) is 19.2. The number of hydrogen-bond acceptors (Lipinski definition) is 7. The Kier molecular flexibility index (Phi) is 4.75. The zero-order chi connectivity index (χ0) is 24.5. The van der Waals surface area contributed by atoms with E-state index in [2.05, 4.69) is 10.1 Å². The maximum Gasteiger partial charge on any atom is 0.255 e. The van der Waals surface area contributed by atoms with Crippen molar-refractivity contribution in [2.75, 3.05) is 24.6 Å². The molecule has 2 aromatic heterocycles. The lowest BCUT2D eigenvalue weighted by atomic mass is 10.1. The number of halogens is 1. The number of benzene rings is 1. The highest BCUT2D eigenvalue weighted by Crippen LogP contribution is 2.26. The van der Waals surface area contributed by atoms with Crippen molar-refractivity contribution in [3.05, 3.63) is 65.3 Å². The minimum absolute atomic E-state index is 0.0751. The van der Waals surface area contributed by atoms with Crippen LogP contribution in [0.4, 0.5) is 4.39 Å². The fraction of sp³-hybridized carbons (Fsp3) is 0.286. The Labute approximate surface area is 182 Å². The molecule has 0 spiro atoms. The van der Waals surface area contributed by atoms with Gasteiger partial charge in [0, 0.05) is 35.0 Å². The lowest BCUT2D eigenvalue weighted by Crippen LogP contribution is -2.43. The third-order valence-corrected chi connectivity index (χ3v) is 6.49. The van der Waals surface area contributed by atoms with Gasteiger partial charge in [-0.15, -0.1) is 0 Å². The molecular formula is C21H20FN3O5S. The molecule has 0 N–H and O–H groups in total. The number of aryl methyl sites for hydroxylation is 1. The van der Waals surface area contributed by atoms with E-state index in [-0.39, 0.29) is 65.6 Å². The number of ether oxygens (including phenoxy) is 1. The maximum absolute atomic E-state index is 13.3. The molecular weight excluding hydrogens is 425 g/mol. The maximum atomic E-state index is 13.3. The monoisotopic (exact) mass is 448 g/mol. The smallest absolute Gasteiger partial charge is 0.255 e. The van der Waals surface area contributed by atoms with Crippen molar-refractivity contribution < 1.29 is 31.0 Å². The Morgan fingerprint density at radius 2 is 1.97 bits per heavy atom. The molecule has 1 aliphatic rings. The van der Waals surface area contributed by atoms with Crippen LogP contribution in [0.1, 0.15) is 25.8 Å². The first-order valence-electron chi connectivity index (χ1n) is 10.9. The molecule has 8 nitrogen and oxygen atoms in total. The van der Waals surface area contributed by atoms with Crippen LogP contribution in [0.25, 0.3) is 11.3 Å². The van der Waals surface area contributed by atoms with Gasteiger partial charge in [0.2, 0.25) is 5.88 Å². The Hall–Kier alpha value is -3.27. The summed E-state index contributed by atoms with van der Waals surface area (Å²) in [6.45, 7) is -2.59. The average molecular weight is 448 g/mol. The summed E-state index contributed by atoms with van der Waals surface area (Å²) >= 11 is 0. The highest BCUT2D eigenvalue weighted by molar-refractivity contribution is 7.91. The van der Waals surface area contributed by atoms with Crippen molar-refractivity contribution in [2.45, 2.75) is 13.5 Å². The lowest BCUT2D eigenvalue weighted by Gasteiger charge is -2.26. The molecule has 0 saturated carbocycles. The Morgan fingerprint density at radius 1 is 1.23 bits per heavy atom. The Bertz CT molecular complexity index is 1280. The minimum Gasteiger partial charge on any atom is -0.473 e. The summed E-state index contributed by atoms with van der Waals surface area (Å²) in [5.41, 5.74) is 1.10. The summed E-state index contributed by atoms with van der Waals surface area (Å²) in [5, 5.41) is 3.84. The number of nitrogens with zero attached hydrogens (tertiary/aromatic N) is 3. The molecule has 1 amide bonds. The van der Waals surface area contributed by atoms with Crippen molar-refractivity contribution in [3.63, 3.8) is 0 Å². The first-order valence-corrected chi connectivity index (χ1v) is 11.2. The summed E-state index contributed by atoms with van der Waals surface area (Å²) in [7, 11) is -3.11. The standard InChI is InChI=1S/C21H20FN3O5S/c1-14-18(20(24-30-14)15-2-5-17(22)6-3-15)13-29-19-7-4-16(12-23-19)21(26)25-8-10-31(27,28)11-9-25/h2-7,12H,8-11,13H2,1H3/i1D3. The van der Waals surface area contributed by atoms with Gasteiger partial charge >= 0.3 is 0 Å². The van der Waals surface area contributed by atoms with Gasteiger partial charge < -0.3 is 14.2 Å². The summed E-state index contributed by atoms with van der Waals surface area (Å²) in [5.74, 6) is -1.16. The number of pyridine rings is 1. The van der Waals surface area contributed by atoms with E-state index >= 15 is 0 Å². The number of rotatable bonds is 5. The van der Waals surface area contributed by atoms with Gasteiger partial charge in [-0.1, -0.05) is 5.16 Å². The molecule has 3 aromatic rings. The molecule has 0 unspecified atom stereocenters. The first-order chi connectivity index (χ1) is 16.0. The summed E-state index contributed by atoms with van der Waals surface area (Å²) in [4.78, 5) is 18.1. The Balaban J connectivity index is 1.50. The van der Waals surface area contributed by atoms with Crippen LogP contribution in [0.5, 0.6) is 5.88 Å². The van der Waals surface area contributed by atoms with Crippen molar-refractivity contribution in [1.29, 1.82) is 0 Å². The molecule has 0 bridgehead atoms. The normalized spacial score (nSPS) is 17.5. The van der Waals surface area contributed by atoms with E-state index in [9.17, 15) is 17.6 Å². The SMILES string of the molecule is [2H]C([2H])([2H])c1onc(-c2ccc(F)cc2)c1COc1ccc(C(=O)N2CCS(=O)(=O)CC2)cn1. The van der Waals surface area contributed by atoms with Crippen LogP contribution in [0.2, 0.25) is 0 Å². The highest BCUT2D eigenvalue weighted by Gasteiger charge is 2.26. The Morgan fingerprint density at radius 3 is 2.61 bits per heavy atom. The van der Waals surface area contributed by atoms with E-state index in [4.69, 9.17) is 13.4 Å². The lowest BCUT2D eigenvalue weighted by molar-refractivity contribution is 0.0769. The average Bonchev–Trinajstić information content (AvgIpc) is 3.23. The summed E-state index contributed by atoms with van der Waals surface area (Å²) in [6.07, 6.45) is 1.31. The minimum atomic E-state index is -3.11. The summed E-state index contributed by atoms with van der Waals surface area (Å²) in [6, 6.07) is 8.29. The van der Waals surface area contributed by atoms with Crippen LogP contribution in [-0.2, 0) is 16.4 Å². The number of sulfone groups is 1. The molecule has 4 rings (SSSR count). The second kappa shape index (κ2) is 8.46. The quantitative estimate of drug-likeness (QED) is 0.591. The van der Waals surface area contributed by atoms with Crippen LogP contribution >= 0.6 is 0 Å². The number of aromatic nitrogens is 2. The molecule has 0 aliphatic carbocycles. The van der Waals surface area contributed by atoms with Crippen molar-refractivity contribution in [1.82, 2.24) is 15.0 Å². The fourth-order valence-corrected chi connectivity index (χ4v) is 4.32. The van der Waals surface area contributed by atoms with Crippen LogP contribution in [0.3, 0.4) is 0 Å². The van der Waals surface area contributed by atoms with E-state index in [1.807, 2.05) is 0 Å². The zero-order valence-corrected chi connectivity index (χ0v) is 17.1. The van der Waals surface area contributed by atoms with Crippen LogP contribution < -0.4 is 4.74 Å². The van der Waals surface area contributed by atoms with E-state index < -0.39 is 22.5 Å². The summed E-state index contributed by atoms with van der Waals surface area (Å²) < 4.78 is 70.2. The van der Waals surface area contributed by atoms with Gasteiger partial charge in [0.15, 0.2) is 9.84 Å². The third-order valence-electron chi connectivity index (χ3n) is 4.89. The largest absolute Gasteiger partial charge is 0.473 e. The second-order valence-electron chi connectivity index (χ2n) is 6.96. The van der Waals surface area contributed by atoms with Gasteiger partial charge in [-0.25, -0.2) is 17.8 Å². The molecule has 3 heterocycles. The van der Waals surface area contributed by atoms with Crippen molar-refractivity contribution in [3.8, 4) is 17.1 Å². The van der Waals surface area contributed by atoms with Crippen LogP contribution in [-0.4, -0.2) is 54.0 Å². The van der Waals surface area contributed by atoms with Crippen molar-refractivity contribution in [2.24, 2.45) is 0 Å². The van der Waals surface area contributed by atoms with Gasteiger partial charge in [0.25, 0.3) is 5.91 Å². The van der Waals surface area contributed by atoms with E-state index in [0.29, 0.717) is 5.56 Å². The van der Waals surface area contributed by atoms with E-state index in [1.165, 1.54) is 47.5 Å². The number of amides is 1.